The topological polar surface area (TPSA) is 46.2 Å². The van der Waals surface area contributed by atoms with Crippen LogP contribution in [0.25, 0.3) is 0 Å². The molecule has 0 saturated carbocycles. The van der Waals surface area contributed by atoms with E-state index in [9.17, 15) is 5.11 Å². The first-order chi connectivity index (χ1) is 6.17. The van der Waals surface area contributed by atoms with Crippen molar-refractivity contribution < 1.29 is 5.11 Å². The van der Waals surface area contributed by atoms with Gasteiger partial charge in [0.05, 0.1) is 0 Å². The normalized spacial score (nSPS) is 31.8. The highest BCUT2D eigenvalue weighted by Gasteiger charge is 2.38. The fourth-order valence-electron chi connectivity index (χ4n) is 2.27. The minimum atomic E-state index is -0.782. The van der Waals surface area contributed by atoms with Crippen molar-refractivity contribution in [2.45, 2.75) is 24.9 Å². The first kappa shape index (κ1) is 8.73. The van der Waals surface area contributed by atoms with E-state index in [0.717, 1.165) is 12.0 Å². The summed E-state index contributed by atoms with van der Waals surface area (Å²) < 4.78 is 0. The van der Waals surface area contributed by atoms with Gasteiger partial charge in [-0.15, -0.1) is 0 Å². The molecular weight excluding hydrogens is 162 g/mol. The molecule has 0 bridgehead atoms. The monoisotopic (exact) mass is 177 g/mol. The zero-order valence-corrected chi connectivity index (χ0v) is 7.83. The molecule has 0 saturated heterocycles. The van der Waals surface area contributed by atoms with Gasteiger partial charge < -0.3 is 10.8 Å². The summed E-state index contributed by atoms with van der Waals surface area (Å²) in [6.45, 7) is 2.45. The van der Waals surface area contributed by atoms with Crippen LogP contribution in [0.2, 0.25) is 0 Å². The van der Waals surface area contributed by atoms with E-state index in [0.29, 0.717) is 12.5 Å². The second-order valence-electron chi connectivity index (χ2n) is 3.93. The summed E-state index contributed by atoms with van der Waals surface area (Å²) >= 11 is 0. The van der Waals surface area contributed by atoms with Gasteiger partial charge in [-0.2, -0.15) is 0 Å². The van der Waals surface area contributed by atoms with Crippen LogP contribution in [0.3, 0.4) is 0 Å². The van der Waals surface area contributed by atoms with Crippen LogP contribution in [-0.4, -0.2) is 11.7 Å². The molecule has 0 unspecified atom stereocenters. The Hall–Kier alpha value is -0.860. The van der Waals surface area contributed by atoms with Crippen LogP contribution in [0, 0.1) is 0 Å². The molecule has 0 aromatic heterocycles. The van der Waals surface area contributed by atoms with Gasteiger partial charge in [-0.1, -0.05) is 31.2 Å². The van der Waals surface area contributed by atoms with E-state index in [4.69, 9.17) is 5.73 Å². The van der Waals surface area contributed by atoms with Crippen molar-refractivity contribution in [2.75, 3.05) is 6.54 Å². The van der Waals surface area contributed by atoms with Gasteiger partial charge in [-0.05, 0) is 23.5 Å². The third-order valence-corrected chi connectivity index (χ3v) is 2.97. The zero-order valence-electron chi connectivity index (χ0n) is 7.83. The lowest BCUT2D eigenvalue weighted by Gasteiger charge is -2.21. The summed E-state index contributed by atoms with van der Waals surface area (Å²) in [4.78, 5) is 0. The molecule has 0 amide bonds. The molecule has 2 nitrogen and oxygen atoms in total. The molecule has 2 rings (SSSR count). The standard InChI is InChI=1S/C11H15NO/c1-8-6-11(13,7-12)10-5-3-2-4-9(8)10/h2-5,8,13H,6-7,12H2,1H3/t8-,11+/m1/s1. The predicted molar refractivity (Wildman–Crippen MR) is 52.4 cm³/mol. The molecule has 0 radical (unpaired) electrons. The lowest BCUT2D eigenvalue weighted by Crippen LogP contribution is -2.32. The first-order valence-electron chi connectivity index (χ1n) is 4.69. The van der Waals surface area contributed by atoms with E-state index >= 15 is 0 Å². The fraction of sp³-hybridized carbons (Fsp3) is 0.455. The number of nitrogens with two attached hydrogens (primary N) is 1. The maximum absolute atomic E-state index is 10.2. The maximum atomic E-state index is 10.2. The number of fused-ring (bicyclic) bond motifs is 1. The minimum absolute atomic E-state index is 0.314. The quantitative estimate of drug-likeness (QED) is 0.680. The highest BCUT2D eigenvalue weighted by Crippen LogP contribution is 2.43. The predicted octanol–water partition coefficient (Wildman–Crippen LogP) is 1.34. The number of rotatable bonds is 1. The van der Waals surface area contributed by atoms with Gasteiger partial charge in [0.1, 0.15) is 5.60 Å². The SMILES string of the molecule is C[C@@H]1C[C@](O)(CN)c2ccccc21. The molecule has 2 heteroatoms. The smallest absolute Gasteiger partial charge is 0.103 e. The van der Waals surface area contributed by atoms with Crippen LogP contribution in [0.4, 0.5) is 0 Å². The summed E-state index contributed by atoms with van der Waals surface area (Å²) in [6, 6.07) is 8.02. The van der Waals surface area contributed by atoms with E-state index in [-0.39, 0.29) is 0 Å². The Kier molecular flexibility index (Phi) is 1.90. The second kappa shape index (κ2) is 2.82. The van der Waals surface area contributed by atoms with E-state index in [1.165, 1.54) is 5.56 Å². The molecule has 13 heavy (non-hydrogen) atoms. The molecule has 0 spiro atoms. The molecule has 3 N–H and O–H groups in total. The molecule has 1 aromatic carbocycles. The number of hydrogen-bond acceptors (Lipinski definition) is 2. The Morgan fingerprint density at radius 3 is 2.92 bits per heavy atom. The number of benzene rings is 1. The van der Waals surface area contributed by atoms with Gasteiger partial charge in [0, 0.05) is 6.54 Å². The first-order valence-corrected chi connectivity index (χ1v) is 4.69. The third kappa shape index (κ3) is 1.18. The molecule has 70 valence electrons. The van der Waals surface area contributed by atoms with Gasteiger partial charge in [-0.25, -0.2) is 0 Å². The van der Waals surface area contributed by atoms with Crippen molar-refractivity contribution in [3.8, 4) is 0 Å². The molecule has 2 atom stereocenters. The molecule has 0 heterocycles. The summed E-state index contributed by atoms with van der Waals surface area (Å²) in [7, 11) is 0. The summed E-state index contributed by atoms with van der Waals surface area (Å²) in [5, 5.41) is 10.2. The van der Waals surface area contributed by atoms with Crippen molar-refractivity contribution in [2.24, 2.45) is 5.73 Å². The fourth-order valence-corrected chi connectivity index (χ4v) is 2.27. The lowest BCUT2D eigenvalue weighted by atomic mass is 9.96. The second-order valence-corrected chi connectivity index (χ2v) is 3.93. The molecule has 1 aliphatic carbocycles. The van der Waals surface area contributed by atoms with Crippen molar-refractivity contribution in [3.05, 3.63) is 35.4 Å². The summed E-state index contributed by atoms with van der Waals surface area (Å²) in [5.74, 6) is 0.421. The van der Waals surface area contributed by atoms with Crippen molar-refractivity contribution in [3.63, 3.8) is 0 Å². The summed E-state index contributed by atoms with van der Waals surface area (Å²) in [5.41, 5.74) is 7.08. The molecular formula is C11H15NO. The summed E-state index contributed by atoms with van der Waals surface area (Å²) in [6.07, 6.45) is 0.753. The van der Waals surface area contributed by atoms with Gasteiger partial charge in [0.25, 0.3) is 0 Å². The maximum Gasteiger partial charge on any atom is 0.103 e. The average Bonchev–Trinajstić information content (AvgIpc) is 2.42. The van der Waals surface area contributed by atoms with Crippen LogP contribution in [-0.2, 0) is 5.60 Å². The van der Waals surface area contributed by atoms with E-state index in [2.05, 4.69) is 13.0 Å². The molecule has 0 aliphatic heterocycles. The lowest BCUT2D eigenvalue weighted by molar-refractivity contribution is 0.0440. The third-order valence-electron chi connectivity index (χ3n) is 2.97. The van der Waals surface area contributed by atoms with E-state index in [1.54, 1.807) is 0 Å². The largest absolute Gasteiger partial charge is 0.384 e. The highest BCUT2D eigenvalue weighted by atomic mass is 16.3. The van der Waals surface area contributed by atoms with Crippen LogP contribution in [0.15, 0.2) is 24.3 Å². The number of aliphatic hydroxyl groups is 1. The molecule has 1 aromatic rings. The average molecular weight is 177 g/mol. The van der Waals surface area contributed by atoms with Gasteiger partial charge in [0.15, 0.2) is 0 Å². The minimum Gasteiger partial charge on any atom is -0.384 e. The Balaban J connectivity index is 2.53. The van der Waals surface area contributed by atoms with Gasteiger partial charge in [0.2, 0.25) is 0 Å². The Morgan fingerprint density at radius 2 is 2.23 bits per heavy atom. The van der Waals surface area contributed by atoms with Crippen LogP contribution in [0.5, 0.6) is 0 Å². The highest BCUT2D eigenvalue weighted by molar-refractivity contribution is 5.40. The van der Waals surface area contributed by atoms with Crippen LogP contribution < -0.4 is 5.73 Å². The van der Waals surface area contributed by atoms with Crippen molar-refractivity contribution in [1.82, 2.24) is 0 Å². The van der Waals surface area contributed by atoms with Crippen LogP contribution >= 0.6 is 0 Å². The zero-order chi connectivity index (χ0) is 9.47. The van der Waals surface area contributed by atoms with Gasteiger partial charge in [-0.3, -0.25) is 0 Å². The van der Waals surface area contributed by atoms with E-state index in [1.807, 2.05) is 18.2 Å². The van der Waals surface area contributed by atoms with Crippen molar-refractivity contribution in [1.29, 1.82) is 0 Å². The molecule has 1 aliphatic rings. The molecule has 0 fully saturated rings. The van der Waals surface area contributed by atoms with Gasteiger partial charge >= 0.3 is 0 Å². The Labute approximate surface area is 78.4 Å². The van der Waals surface area contributed by atoms with Crippen molar-refractivity contribution >= 4 is 0 Å². The Bertz CT molecular complexity index is 324. The van der Waals surface area contributed by atoms with Crippen LogP contribution in [0.1, 0.15) is 30.4 Å². The number of hydrogen-bond donors (Lipinski definition) is 2. The Morgan fingerprint density at radius 1 is 1.54 bits per heavy atom. The van der Waals surface area contributed by atoms with E-state index < -0.39 is 5.60 Å².